The van der Waals surface area contributed by atoms with Crippen LogP contribution in [0, 0.1) is 34.5 Å². The first-order chi connectivity index (χ1) is 15.4. The van der Waals surface area contributed by atoms with Gasteiger partial charge in [0.05, 0.1) is 51.4 Å². The third kappa shape index (κ3) is 3.74. The van der Waals surface area contributed by atoms with Crippen LogP contribution in [0.3, 0.4) is 0 Å². The zero-order chi connectivity index (χ0) is 22.8. The van der Waals surface area contributed by atoms with Crippen LogP contribution in [0.1, 0.15) is 34.8 Å². The number of anilines is 1. The predicted molar refractivity (Wildman–Crippen MR) is 119 cm³/mol. The van der Waals surface area contributed by atoms with Gasteiger partial charge in [0.1, 0.15) is 11.5 Å². The van der Waals surface area contributed by atoms with Gasteiger partial charge in [-0.3, -0.25) is 9.48 Å². The standard InChI is InChI=1S/C23H16ClN7O/c1-2-20(32)30-6-5-17(13-30)31-22-18(24)12-28-23(27)21(22)19(29-31)4-3-14-7-15(10-25)9-16(8-14)11-26/h2,7-9,12,17H,1,5-6,13H2,(H2,27,28)/t17-/m0/s1. The van der Waals surface area contributed by atoms with Crippen molar-refractivity contribution in [3.63, 3.8) is 0 Å². The Balaban J connectivity index is 1.82. The lowest BCUT2D eigenvalue weighted by atomic mass is 10.1. The number of amides is 1. The molecule has 1 saturated heterocycles. The number of hydrogen-bond acceptors (Lipinski definition) is 6. The summed E-state index contributed by atoms with van der Waals surface area (Å²) in [6.07, 6.45) is 3.45. The number of nitriles is 2. The van der Waals surface area contributed by atoms with Gasteiger partial charge in [-0.2, -0.15) is 15.6 Å². The van der Waals surface area contributed by atoms with Crippen molar-refractivity contribution in [3.8, 4) is 24.0 Å². The Labute approximate surface area is 189 Å². The molecule has 156 valence electrons. The molecular formula is C23H16ClN7O. The zero-order valence-corrected chi connectivity index (χ0v) is 17.6. The fraction of sp³-hybridized carbons (Fsp3) is 0.174. The van der Waals surface area contributed by atoms with Crippen LogP contribution in [0.2, 0.25) is 5.02 Å². The summed E-state index contributed by atoms with van der Waals surface area (Å²) in [4.78, 5) is 17.8. The fourth-order valence-corrected chi connectivity index (χ4v) is 3.97. The maximum absolute atomic E-state index is 12.0. The van der Waals surface area contributed by atoms with Crippen LogP contribution in [0.5, 0.6) is 0 Å². The van der Waals surface area contributed by atoms with Crippen molar-refractivity contribution in [2.45, 2.75) is 12.5 Å². The molecule has 3 heterocycles. The van der Waals surface area contributed by atoms with Crippen molar-refractivity contribution in [2.75, 3.05) is 18.8 Å². The van der Waals surface area contributed by atoms with Crippen LogP contribution in [0.4, 0.5) is 5.82 Å². The number of nitrogens with zero attached hydrogens (tertiary/aromatic N) is 6. The Morgan fingerprint density at radius 1 is 1.22 bits per heavy atom. The van der Waals surface area contributed by atoms with E-state index in [4.69, 9.17) is 17.3 Å². The van der Waals surface area contributed by atoms with Gasteiger partial charge in [-0.05, 0) is 36.6 Å². The van der Waals surface area contributed by atoms with Crippen molar-refractivity contribution in [1.29, 1.82) is 10.5 Å². The van der Waals surface area contributed by atoms with Gasteiger partial charge in [0, 0.05) is 18.7 Å². The maximum Gasteiger partial charge on any atom is 0.246 e. The quantitative estimate of drug-likeness (QED) is 0.481. The minimum Gasteiger partial charge on any atom is -0.383 e. The highest BCUT2D eigenvalue weighted by atomic mass is 35.5. The monoisotopic (exact) mass is 441 g/mol. The largest absolute Gasteiger partial charge is 0.383 e. The average molecular weight is 442 g/mol. The second-order valence-corrected chi connectivity index (χ2v) is 7.62. The van der Waals surface area contributed by atoms with Gasteiger partial charge in [0.2, 0.25) is 5.91 Å². The lowest BCUT2D eigenvalue weighted by Gasteiger charge is -2.15. The first-order valence-electron chi connectivity index (χ1n) is 9.66. The number of rotatable bonds is 2. The molecule has 1 aliphatic rings. The summed E-state index contributed by atoms with van der Waals surface area (Å²) in [5.74, 6) is 6.04. The number of nitrogens with two attached hydrogens (primary N) is 1. The third-order valence-electron chi connectivity index (χ3n) is 5.22. The number of nitrogen functional groups attached to an aromatic ring is 1. The Bertz CT molecular complexity index is 1380. The lowest BCUT2D eigenvalue weighted by Crippen LogP contribution is -2.27. The molecule has 0 unspecified atom stereocenters. The summed E-state index contributed by atoms with van der Waals surface area (Å²) < 4.78 is 1.75. The fourth-order valence-electron chi connectivity index (χ4n) is 3.74. The van der Waals surface area contributed by atoms with E-state index in [0.717, 1.165) is 0 Å². The first-order valence-corrected chi connectivity index (χ1v) is 10.0. The molecule has 1 fully saturated rings. The Hall–Kier alpha value is -4.32. The number of pyridine rings is 1. The van der Waals surface area contributed by atoms with E-state index < -0.39 is 0 Å². The third-order valence-corrected chi connectivity index (χ3v) is 5.50. The van der Waals surface area contributed by atoms with E-state index in [-0.39, 0.29) is 17.8 Å². The molecule has 1 aromatic carbocycles. The van der Waals surface area contributed by atoms with E-state index >= 15 is 0 Å². The van der Waals surface area contributed by atoms with Crippen LogP contribution < -0.4 is 5.73 Å². The summed E-state index contributed by atoms with van der Waals surface area (Å²) >= 11 is 6.45. The molecule has 2 aromatic heterocycles. The van der Waals surface area contributed by atoms with Crippen LogP contribution in [0.15, 0.2) is 37.1 Å². The molecule has 9 heteroatoms. The van der Waals surface area contributed by atoms with Crippen LogP contribution in [-0.2, 0) is 4.79 Å². The molecule has 0 aliphatic carbocycles. The second kappa shape index (κ2) is 8.43. The van der Waals surface area contributed by atoms with Gasteiger partial charge in [0.25, 0.3) is 0 Å². The zero-order valence-electron chi connectivity index (χ0n) is 16.8. The van der Waals surface area contributed by atoms with Crippen LogP contribution in [0.25, 0.3) is 10.9 Å². The molecule has 2 N–H and O–H groups in total. The number of halogens is 1. The highest BCUT2D eigenvalue weighted by Crippen LogP contribution is 2.33. The summed E-state index contributed by atoms with van der Waals surface area (Å²) in [5, 5.41) is 23.9. The maximum atomic E-state index is 12.0. The Kier molecular flexibility index (Phi) is 5.52. The summed E-state index contributed by atoms with van der Waals surface area (Å²) in [6, 6.07) is 8.62. The van der Waals surface area contributed by atoms with E-state index in [1.807, 2.05) is 12.1 Å². The summed E-state index contributed by atoms with van der Waals surface area (Å²) in [7, 11) is 0. The van der Waals surface area contributed by atoms with E-state index in [0.29, 0.717) is 57.8 Å². The molecule has 4 rings (SSSR count). The minimum atomic E-state index is -0.137. The highest BCUT2D eigenvalue weighted by Gasteiger charge is 2.29. The van der Waals surface area contributed by atoms with Gasteiger partial charge in [-0.25, -0.2) is 4.98 Å². The predicted octanol–water partition coefficient (Wildman–Crippen LogP) is 2.77. The normalized spacial score (nSPS) is 15.0. The van der Waals surface area contributed by atoms with Crippen molar-refractivity contribution in [1.82, 2.24) is 19.7 Å². The molecule has 0 spiro atoms. The molecule has 32 heavy (non-hydrogen) atoms. The van der Waals surface area contributed by atoms with Gasteiger partial charge < -0.3 is 10.6 Å². The number of aromatic nitrogens is 3. The van der Waals surface area contributed by atoms with Gasteiger partial charge in [0.15, 0.2) is 0 Å². The number of likely N-dealkylation sites (tertiary alicyclic amines) is 1. The molecule has 8 nitrogen and oxygen atoms in total. The molecule has 3 aromatic rings. The van der Waals surface area contributed by atoms with Gasteiger partial charge >= 0.3 is 0 Å². The number of carbonyl (C=O) groups is 1. The van der Waals surface area contributed by atoms with Gasteiger partial charge in [-0.15, -0.1) is 0 Å². The molecule has 1 amide bonds. The highest BCUT2D eigenvalue weighted by molar-refractivity contribution is 6.35. The van der Waals surface area contributed by atoms with Crippen LogP contribution in [-0.4, -0.2) is 38.7 Å². The molecule has 0 bridgehead atoms. The summed E-state index contributed by atoms with van der Waals surface area (Å²) in [6.45, 7) is 4.58. The van der Waals surface area contributed by atoms with Crippen LogP contribution >= 0.6 is 11.6 Å². The lowest BCUT2D eigenvalue weighted by molar-refractivity contribution is -0.125. The number of carbonyl (C=O) groups excluding carboxylic acids is 1. The number of fused-ring (bicyclic) bond motifs is 1. The van der Waals surface area contributed by atoms with Crippen molar-refractivity contribution in [2.24, 2.45) is 0 Å². The van der Waals surface area contributed by atoms with E-state index in [2.05, 4.69) is 28.5 Å². The Morgan fingerprint density at radius 2 is 1.91 bits per heavy atom. The summed E-state index contributed by atoms with van der Waals surface area (Å²) in [5.41, 5.74) is 8.30. The topological polar surface area (TPSA) is 125 Å². The minimum absolute atomic E-state index is 0.108. The second-order valence-electron chi connectivity index (χ2n) is 7.21. The molecular weight excluding hydrogens is 426 g/mol. The molecule has 0 saturated carbocycles. The molecule has 1 atom stereocenters. The molecule has 0 radical (unpaired) electrons. The van der Waals surface area contributed by atoms with Crippen molar-refractivity contribution < 1.29 is 4.79 Å². The van der Waals surface area contributed by atoms with Gasteiger partial charge in [-0.1, -0.05) is 24.1 Å². The first kappa shape index (κ1) is 20.9. The smallest absolute Gasteiger partial charge is 0.246 e. The number of hydrogen-bond donors (Lipinski definition) is 1. The van der Waals surface area contributed by atoms with E-state index in [9.17, 15) is 15.3 Å². The average Bonchev–Trinajstić information content (AvgIpc) is 3.45. The van der Waals surface area contributed by atoms with Crippen molar-refractivity contribution in [3.05, 3.63) is 64.5 Å². The SMILES string of the molecule is C=CC(=O)N1CC[C@H](n2nc(C#Cc3cc(C#N)cc(C#N)c3)c3c(N)ncc(Cl)c32)C1. The van der Waals surface area contributed by atoms with Crippen molar-refractivity contribution >= 4 is 34.2 Å². The van der Waals surface area contributed by atoms with E-state index in [1.54, 1.807) is 21.7 Å². The van der Waals surface area contributed by atoms with E-state index in [1.165, 1.54) is 18.3 Å². The Morgan fingerprint density at radius 3 is 2.56 bits per heavy atom. The molecule has 1 aliphatic heterocycles. The number of benzene rings is 1.